The molecule has 2 heterocycles. The number of aryl methyl sites for hydroxylation is 1. The Morgan fingerprint density at radius 1 is 1.22 bits per heavy atom. The summed E-state index contributed by atoms with van der Waals surface area (Å²) in [6, 6.07) is 0. The Hall–Kier alpha value is -1.32. The van der Waals surface area contributed by atoms with Crippen molar-refractivity contribution in [3.63, 3.8) is 0 Å². The summed E-state index contributed by atoms with van der Waals surface area (Å²) in [6.07, 6.45) is 11.2. The first-order valence-electron chi connectivity index (χ1n) is 9.48. The zero-order valence-corrected chi connectivity index (χ0v) is 14.8. The summed E-state index contributed by atoms with van der Waals surface area (Å²) in [5.74, 6) is 2.69. The van der Waals surface area contributed by atoms with Gasteiger partial charge in [-0.3, -0.25) is 4.79 Å². The third-order valence-corrected chi connectivity index (χ3v) is 5.69. The molecule has 2 fully saturated rings. The van der Waals surface area contributed by atoms with E-state index in [1.54, 1.807) is 0 Å². The van der Waals surface area contributed by atoms with Gasteiger partial charge in [0.15, 0.2) is 0 Å². The molecule has 128 valence electrons. The van der Waals surface area contributed by atoms with Gasteiger partial charge in [0.05, 0.1) is 0 Å². The fourth-order valence-electron chi connectivity index (χ4n) is 4.25. The maximum Gasteiger partial charge on any atom is 0.225 e. The lowest BCUT2D eigenvalue weighted by atomic mass is 9.92. The molecule has 4 heteroatoms. The lowest BCUT2D eigenvalue weighted by molar-refractivity contribution is -0.136. The topological polar surface area (TPSA) is 38.1 Å². The first kappa shape index (κ1) is 16.5. The quantitative estimate of drug-likeness (QED) is 0.832. The molecule has 0 aromatic carbocycles. The highest BCUT2D eigenvalue weighted by Crippen LogP contribution is 2.29. The minimum atomic E-state index is 0.331. The van der Waals surface area contributed by atoms with Gasteiger partial charge in [0.2, 0.25) is 5.91 Å². The van der Waals surface area contributed by atoms with Crippen molar-refractivity contribution in [3.8, 4) is 0 Å². The van der Waals surface area contributed by atoms with Gasteiger partial charge in [-0.05, 0) is 44.9 Å². The van der Waals surface area contributed by atoms with Gasteiger partial charge in [0, 0.05) is 43.9 Å². The van der Waals surface area contributed by atoms with E-state index in [-0.39, 0.29) is 0 Å². The molecule has 1 aliphatic heterocycles. The number of hydrogen-bond donors (Lipinski definition) is 0. The van der Waals surface area contributed by atoms with Crippen LogP contribution in [-0.2, 0) is 17.8 Å². The van der Waals surface area contributed by atoms with E-state index in [2.05, 4.69) is 28.3 Å². The minimum absolute atomic E-state index is 0.331. The third-order valence-electron chi connectivity index (χ3n) is 5.69. The smallest absolute Gasteiger partial charge is 0.225 e. The Morgan fingerprint density at radius 3 is 2.57 bits per heavy atom. The second kappa shape index (κ2) is 7.50. The van der Waals surface area contributed by atoms with E-state index in [1.165, 1.54) is 24.4 Å². The van der Waals surface area contributed by atoms with Crippen molar-refractivity contribution in [1.29, 1.82) is 0 Å². The van der Waals surface area contributed by atoms with Crippen molar-refractivity contribution in [2.45, 2.75) is 71.8 Å². The van der Waals surface area contributed by atoms with Gasteiger partial charge in [0.25, 0.3) is 0 Å². The Bertz CT molecular complexity index is 523. The fraction of sp³-hybridized carbons (Fsp3) is 0.789. The molecule has 0 N–H and O–H groups in total. The maximum absolute atomic E-state index is 12.5. The van der Waals surface area contributed by atoms with E-state index in [0.29, 0.717) is 17.7 Å². The molecule has 1 saturated carbocycles. The number of likely N-dealkylation sites (tertiary alicyclic amines) is 1. The van der Waals surface area contributed by atoms with Crippen LogP contribution in [-0.4, -0.2) is 33.4 Å². The molecule has 1 amide bonds. The molecule has 3 rings (SSSR count). The molecule has 0 radical (unpaired) electrons. The number of piperidine rings is 1. The van der Waals surface area contributed by atoms with Crippen LogP contribution in [0.25, 0.3) is 0 Å². The number of amides is 1. The lowest BCUT2D eigenvalue weighted by Crippen LogP contribution is -2.41. The molecule has 23 heavy (non-hydrogen) atoms. The highest BCUT2D eigenvalue weighted by Gasteiger charge is 2.30. The van der Waals surface area contributed by atoms with Crippen molar-refractivity contribution in [3.05, 3.63) is 17.7 Å². The number of carbonyl (C=O) groups excluding carboxylic acids is 1. The fourth-order valence-corrected chi connectivity index (χ4v) is 4.25. The van der Waals surface area contributed by atoms with Crippen molar-refractivity contribution in [2.75, 3.05) is 13.1 Å². The minimum Gasteiger partial charge on any atom is -0.342 e. The predicted octanol–water partition coefficient (Wildman–Crippen LogP) is 3.57. The summed E-state index contributed by atoms with van der Waals surface area (Å²) in [4.78, 5) is 19.3. The standard InChI is InChI=1S/C19H31N3O/c1-3-10-22-15(2)14-20-18(22)13-16-8-11-21(12-9-16)19(23)17-6-4-5-7-17/h14,16-17H,3-13H2,1-2H3. The largest absolute Gasteiger partial charge is 0.342 e. The van der Waals surface area contributed by atoms with Crippen molar-refractivity contribution in [2.24, 2.45) is 11.8 Å². The van der Waals surface area contributed by atoms with E-state index in [1.807, 2.05) is 6.20 Å². The zero-order valence-electron chi connectivity index (χ0n) is 14.8. The molecule has 0 bridgehead atoms. The third kappa shape index (κ3) is 3.78. The molecule has 0 spiro atoms. The first-order chi connectivity index (χ1) is 11.2. The second-order valence-corrected chi connectivity index (χ2v) is 7.42. The summed E-state index contributed by atoms with van der Waals surface area (Å²) in [6.45, 7) is 7.34. The lowest BCUT2D eigenvalue weighted by Gasteiger charge is -2.33. The van der Waals surface area contributed by atoms with Crippen LogP contribution >= 0.6 is 0 Å². The Balaban J connectivity index is 1.52. The van der Waals surface area contributed by atoms with Gasteiger partial charge >= 0.3 is 0 Å². The molecule has 1 aromatic heterocycles. The monoisotopic (exact) mass is 317 g/mol. The summed E-state index contributed by atoms with van der Waals surface area (Å²) >= 11 is 0. The van der Waals surface area contributed by atoms with Crippen LogP contribution in [0.15, 0.2) is 6.20 Å². The maximum atomic E-state index is 12.5. The van der Waals surface area contributed by atoms with E-state index < -0.39 is 0 Å². The number of carbonyl (C=O) groups is 1. The Labute approximate surface area is 140 Å². The average molecular weight is 317 g/mol. The van der Waals surface area contributed by atoms with Gasteiger partial charge in [-0.15, -0.1) is 0 Å². The molecule has 1 saturated heterocycles. The summed E-state index contributed by atoms with van der Waals surface area (Å²) in [5.41, 5.74) is 1.27. The zero-order chi connectivity index (χ0) is 16.2. The molecule has 4 nitrogen and oxygen atoms in total. The van der Waals surface area contributed by atoms with Crippen molar-refractivity contribution in [1.82, 2.24) is 14.5 Å². The summed E-state index contributed by atoms with van der Waals surface area (Å²) in [7, 11) is 0. The van der Waals surface area contributed by atoms with Crippen LogP contribution in [0.4, 0.5) is 0 Å². The van der Waals surface area contributed by atoms with Crippen molar-refractivity contribution >= 4 is 5.91 Å². The molecular formula is C19H31N3O. The van der Waals surface area contributed by atoms with E-state index in [0.717, 1.165) is 58.2 Å². The molecule has 0 unspecified atom stereocenters. The predicted molar refractivity (Wildman–Crippen MR) is 92.2 cm³/mol. The van der Waals surface area contributed by atoms with Crippen LogP contribution in [0.1, 0.15) is 63.4 Å². The van der Waals surface area contributed by atoms with Gasteiger partial charge in [-0.25, -0.2) is 4.98 Å². The molecule has 1 aliphatic carbocycles. The molecule has 0 atom stereocenters. The van der Waals surface area contributed by atoms with Crippen LogP contribution in [0.5, 0.6) is 0 Å². The number of nitrogens with zero attached hydrogens (tertiary/aromatic N) is 3. The first-order valence-corrected chi connectivity index (χ1v) is 9.48. The van der Waals surface area contributed by atoms with Crippen LogP contribution in [0, 0.1) is 18.8 Å². The van der Waals surface area contributed by atoms with Crippen molar-refractivity contribution < 1.29 is 4.79 Å². The number of hydrogen-bond acceptors (Lipinski definition) is 2. The number of imidazole rings is 1. The van der Waals surface area contributed by atoms with E-state index >= 15 is 0 Å². The molecule has 2 aliphatic rings. The Kier molecular flexibility index (Phi) is 5.39. The summed E-state index contributed by atoms with van der Waals surface area (Å²) < 4.78 is 2.37. The van der Waals surface area contributed by atoms with Gasteiger partial charge < -0.3 is 9.47 Å². The number of aromatic nitrogens is 2. The van der Waals surface area contributed by atoms with E-state index in [9.17, 15) is 4.79 Å². The van der Waals surface area contributed by atoms with Crippen LogP contribution in [0.3, 0.4) is 0 Å². The SMILES string of the molecule is CCCn1c(C)cnc1CC1CCN(C(=O)C2CCCC2)CC1. The Morgan fingerprint density at radius 2 is 1.91 bits per heavy atom. The van der Waals surface area contributed by atoms with Gasteiger partial charge in [0.1, 0.15) is 5.82 Å². The average Bonchev–Trinajstić information content (AvgIpc) is 3.21. The highest BCUT2D eigenvalue weighted by atomic mass is 16.2. The van der Waals surface area contributed by atoms with Gasteiger partial charge in [-0.1, -0.05) is 19.8 Å². The van der Waals surface area contributed by atoms with Crippen LogP contribution in [0.2, 0.25) is 0 Å². The highest BCUT2D eigenvalue weighted by molar-refractivity contribution is 5.79. The van der Waals surface area contributed by atoms with Crippen LogP contribution < -0.4 is 0 Å². The molecular weight excluding hydrogens is 286 g/mol. The normalized spacial score (nSPS) is 20.3. The number of rotatable bonds is 5. The summed E-state index contributed by atoms with van der Waals surface area (Å²) in [5, 5.41) is 0. The van der Waals surface area contributed by atoms with E-state index in [4.69, 9.17) is 0 Å². The van der Waals surface area contributed by atoms with Gasteiger partial charge in [-0.2, -0.15) is 0 Å². The molecule has 1 aromatic rings. The second-order valence-electron chi connectivity index (χ2n) is 7.42.